The number of hydrogen-bond acceptors (Lipinski definition) is 1. The third kappa shape index (κ3) is 1.94. The molecule has 60 valence electrons. The summed E-state index contributed by atoms with van der Waals surface area (Å²) in [5.41, 5.74) is 2.25. The van der Waals surface area contributed by atoms with E-state index in [4.69, 9.17) is 0 Å². The number of hydrogen-bond donors (Lipinski definition) is 0. The number of aromatic nitrogens is 2. The number of nitrogens with zero attached hydrogens (tertiary/aromatic N) is 2. The van der Waals surface area contributed by atoms with E-state index in [0.717, 1.165) is 18.1 Å². The van der Waals surface area contributed by atoms with Crippen molar-refractivity contribution in [1.29, 1.82) is 0 Å². The van der Waals surface area contributed by atoms with Crippen LogP contribution in [0.25, 0.3) is 0 Å². The Balaban J connectivity index is 2.11. The molecule has 1 aromatic heterocycles. The molecular weight excluding hydrogens is 270 g/mol. The summed E-state index contributed by atoms with van der Waals surface area (Å²) in [6.45, 7) is 2.11. The first kappa shape index (κ1) is 7.99. The third-order valence-electron chi connectivity index (χ3n) is 1.73. The van der Waals surface area contributed by atoms with E-state index in [9.17, 15) is 0 Å². The van der Waals surface area contributed by atoms with Crippen LogP contribution in [-0.2, 0) is 0 Å². The zero-order valence-electron chi connectivity index (χ0n) is 6.34. The average molecular weight is 280 g/mol. The van der Waals surface area contributed by atoms with Crippen molar-refractivity contribution >= 4 is 31.3 Å². The quantitative estimate of drug-likeness (QED) is 0.601. The summed E-state index contributed by atoms with van der Waals surface area (Å²) >= 11 is 2.28. The van der Waals surface area contributed by atoms with Gasteiger partial charge in [0.15, 0.2) is 0 Å². The molecule has 1 aliphatic rings. The molecule has 0 aromatic carbocycles. The van der Waals surface area contributed by atoms with E-state index < -0.39 is 0 Å². The highest BCUT2D eigenvalue weighted by Gasteiger charge is 2.22. The predicted octanol–water partition coefficient (Wildman–Crippen LogP) is 2.40. The van der Waals surface area contributed by atoms with Gasteiger partial charge in [-0.15, -0.1) is 0 Å². The Labute approximate surface area is 81.7 Å². The standard InChI is InChI=1S/C7H10IN2P/c1-5-4-10(9-7(5)8)11-6-2-3-6/h4,6,11H,2-3H2,1H3. The lowest BCUT2D eigenvalue weighted by Crippen LogP contribution is -1.86. The van der Waals surface area contributed by atoms with E-state index in [0.29, 0.717) is 0 Å². The maximum absolute atomic E-state index is 4.41. The van der Waals surface area contributed by atoms with E-state index in [1.54, 1.807) is 0 Å². The summed E-state index contributed by atoms with van der Waals surface area (Å²) < 4.78 is 3.25. The van der Waals surface area contributed by atoms with Crippen LogP contribution >= 0.6 is 31.3 Å². The van der Waals surface area contributed by atoms with Gasteiger partial charge in [-0.1, -0.05) is 0 Å². The fourth-order valence-electron chi connectivity index (χ4n) is 0.905. The summed E-state index contributed by atoms with van der Waals surface area (Å²) in [6.07, 6.45) is 4.97. The van der Waals surface area contributed by atoms with E-state index in [-0.39, 0.29) is 0 Å². The Morgan fingerprint density at radius 2 is 2.45 bits per heavy atom. The fraction of sp³-hybridized carbons (Fsp3) is 0.571. The molecule has 0 aliphatic heterocycles. The Bertz CT molecular complexity index is 248. The molecule has 1 saturated carbocycles. The summed E-state index contributed by atoms with van der Waals surface area (Å²) in [6, 6.07) is 0. The maximum Gasteiger partial charge on any atom is 0.126 e. The molecule has 2 nitrogen and oxygen atoms in total. The van der Waals surface area contributed by atoms with Gasteiger partial charge in [-0.05, 0) is 48.0 Å². The lowest BCUT2D eigenvalue weighted by atomic mass is 10.4. The molecule has 1 fully saturated rings. The Morgan fingerprint density at radius 1 is 1.73 bits per heavy atom. The minimum absolute atomic E-state index is 0.890. The summed E-state index contributed by atoms with van der Waals surface area (Å²) in [5.74, 6) is 0. The minimum Gasteiger partial charge on any atom is -0.254 e. The molecule has 0 saturated heterocycles. The first-order valence-corrected chi connectivity index (χ1v) is 5.84. The van der Waals surface area contributed by atoms with E-state index in [1.165, 1.54) is 18.4 Å². The van der Waals surface area contributed by atoms with Gasteiger partial charge in [-0.2, -0.15) is 5.10 Å². The largest absolute Gasteiger partial charge is 0.254 e. The monoisotopic (exact) mass is 280 g/mol. The maximum atomic E-state index is 4.41. The second-order valence-electron chi connectivity index (χ2n) is 2.95. The van der Waals surface area contributed by atoms with Crippen molar-refractivity contribution < 1.29 is 0 Å². The molecular formula is C7H10IN2P. The molecule has 0 amide bonds. The van der Waals surface area contributed by atoms with Crippen LogP contribution in [0.4, 0.5) is 0 Å². The van der Waals surface area contributed by atoms with Crippen LogP contribution in [0.1, 0.15) is 18.4 Å². The second-order valence-corrected chi connectivity index (χ2v) is 5.51. The van der Waals surface area contributed by atoms with Crippen LogP contribution in [0.5, 0.6) is 0 Å². The minimum atomic E-state index is 0.890. The summed E-state index contributed by atoms with van der Waals surface area (Å²) in [7, 11) is 0.890. The van der Waals surface area contributed by atoms with Crippen molar-refractivity contribution in [1.82, 2.24) is 9.55 Å². The molecule has 0 bridgehead atoms. The van der Waals surface area contributed by atoms with Crippen LogP contribution in [0.3, 0.4) is 0 Å². The van der Waals surface area contributed by atoms with Crippen molar-refractivity contribution in [3.05, 3.63) is 15.5 Å². The SMILES string of the molecule is Cc1cn(PC2CC2)nc1I. The van der Waals surface area contributed by atoms with Gasteiger partial charge >= 0.3 is 0 Å². The summed E-state index contributed by atoms with van der Waals surface area (Å²) in [4.78, 5) is 0. The highest BCUT2D eigenvalue weighted by Crippen LogP contribution is 2.39. The van der Waals surface area contributed by atoms with Crippen molar-refractivity contribution in [2.45, 2.75) is 25.4 Å². The van der Waals surface area contributed by atoms with Crippen LogP contribution in [0.15, 0.2) is 6.20 Å². The zero-order chi connectivity index (χ0) is 7.84. The lowest BCUT2D eigenvalue weighted by Gasteiger charge is -1.95. The fourth-order valence-corrected chi connectivity index (χ4v) is 2.70. The first-order chi connectivity index (χ1) is 5.25. The van der Waals surface area contributed by atoms with Gasteiger partial charge in [-0.25, -0.2) is 0 Å². The molecule has 0 radical (unpaired) electrons. The molecule has 1 aliphatic carbocycles. The summed E-state index contributed by atoms with van der Waals surface area (Å²) in [5, 5.41) is 4.41. The third-order valence-corrected chi connectivity index (χ3v) is 4.23. The van der Waals surface area contributed by atoms with Crippen molar-refractivity contribution in [2.75, 3.05) is 0 Å². The number of rotatable bonds is 2. The molecule has 1 heterocycles. The zero-order valence-corrected chi connectivity index (χ0v) is 9.50. The smallest absolute Gasteiger partial charge is 0.126 e. The van der Waals surface area contributed by atoms with E-state index >= 15 is 0 Å². The van der Waals surface area contributed by atoms with Crippen LogP contribution in [0, 0.1) is 10.6 Å². The average Bonchev–Trinajstić information content (AvgIpc) is 2.65. The van der Waals surface area contributed by atoms with Crippen molar-refractivity contribution in [2.24, 2.45) is 0 Å². The van der Waals surface area contributed by atoms with Crippen LogP contribution < -0.4 is 0 Å². The van der Waals surface area contributed by atoms with Crippen molar-refractivity contribution in [3.8, 4) is 0 Å². The van der Waals surface area contributed by atoms with Crippen molar-refractivity contribution in [3.63, 3.8) is 0 Å². The highest BCUT2D eigenvalue weighted by molar-refractivity contribution is 14.1. The van der Waals surface area contributed by atoms with Gasteiger partial charge in [-0.3, -0.25) is 4.45 Å². The number of aryl methyl sites for hydroxylation is 1. The van der Waals surface area contributed by atoms with Gasteiger partial charge < -0.3 is 0 Å². The molecule has 0 N–H and O–H groups in total. The van der Waals surface area contributed by atoms with Gasteiger partial charge in [0, 0.05) is 20.5 Å². The van der Waals surface area contributed by atoms with Gasteiger partial charge in [0.2, 0.25) is 0 Å². The van der Waals surface area contributed by atoms with Gasteiger partial charge in [0.05, 0.1) is 0 Å². The molecule has 0 spiro atoms. The predicted molar refractivity (Wildman–Crippen MR) is 56.4 cm³/mol. The Morgan fingerprint density at radius 3 is 2.91 bits per heavy atom. The topological polar surface area (TPSA) is 17.8 Å². The lowest BCUT2D eigenvalue weighted by molar-refractivity contribution is 0.977. The van der Waals surface area contributed by atoms with E-state index in [2.05, 4.69) is 45.3 Å². The normalized spacial score (nSPS) is 18.4. The van der Waals surface area contributed by atoms with Crippen LogP contribution in [0.2, 0.25) is 0 Å². The Kier molecular flexibility index (Phi) is 2.19. The molecule has 11 heavy (non-hydrogen) atoms. The van der Waals surface area contributed by atoms with Crippen LogP contribution in [-0.4, -0.2) is 15.2 Å². The van der Waals surface area contributed by atoms with E-state index in [1.807, 2.05) is 0 Å². The number of halogens is 1. The second kappa shape index (κ2) is 3.02. The molecule has 1 unspecified atom stereocenters. The van der Waals surface area contributed by atoms with Gasteiger partial charge in [0.1, 0.15) is 3.70 Å². The Hall–Kier alpha value is 0.370. The highest BCUT2D eigenvalue weighted by atomic mass is 127. The molecule has 1 aromatic rings. The molecule has 4 heteroatoms. The first-order valence-electron chi connectivity index (χ1n) is 3.74. The van der Waals surface area contributed by atoms with Gasteiger partial charge in [0.25, 0.3) is 0 Å². The molecule has 2 rings (SSSR count). The molecule has 1 atom stereocenters.